The van der Waals surface area contributed by atoms with Gasteiger partial charge in [-0.25, -0.2) is 9.78 Å². The maximum absolute atomic E-state index is 11.4. The number of esters is 1. The molecule has 2 rings (SSSR count). The molecule has 2 unspecified atom stereocenters. The summed E-state index contributed by atoms with van der Waals surface area (Å²) < 4.78 is 4.68. The van der Waals surface area contributed by atoms with Crippen molar-refractivity contribution >= 4 is 22.4 Å². The Morgan fingerprint density at radius 3 is 2.89 bits per heavy atom. The molecule has 0 amide bonds. The summed E-state index contributed by atoms with van der Waals surface area (Å²) in [5, 5.41) is 6.09. The second-order valence-corrected chi connectivity index (χ2v) is 6.33. The topological polar surface area (TPSA) is 51.2 Å². The highest BCUT2D eigenvalue weighted by atomic mass is 32.1. The Balaban J connectivity index is 2.02. The van der Waals surface area contributed by atoms with Crippen LogP contribution in [-0.4, -0.2) is 24.1 Å². The lowest BCUT2D eigenvalue weighted by molar-refractivity contribution is 0.0595. The zero-order chi connectivity index (χ0) is 13.8. The molecular weight excluding hydrogens is 260 g/mol. The fourth-order valence-corrected chi connectivity index (χ4v) is 3.58. The van der Waals surface area contributed by atoms with Crippen molar-refractivity contribution in [3.8, 4) is 0 Å². The molecular formula is C14H22N2O2S. The third-order valence-electron chi connectivity index (χ3n) is 3.88. The van der Waals surface area contributed by atoms with Crippen LogP contribution in [0.25, 0.3) is 0 Å². The predicted octanol–water partition coefficient (Wildman–Crippen LogP) is 3.56. The Morgan fingerprint density at radius 1 is 1.47 bits per heavy atom. The van der Waals surface area contributed by atoms with Gasteiger partial charge in [-0.3, -0.25) is 0 Å². The summed E-state index contributed by atoms with van der Waals surface area (Å²) in [6.45, 7) is 4.57. The minimum absolute atomic E-state index is 0.367. The van der Waals surface area contributed by atoms with E-state index in [2.05, 4.69) is 28.9 Å². The van der Waals surface area contributed by atoms with Crippen molar-refractivity contribution in [2.24, 2.45) is 11.8 Å². The number of hydrogen-bond donors (Lipinski definition) is 1. The lowest BCUT2D eigenvalue weighted by Crippen LogP contribution is -2.35. The maximum Gasteiger partial charge on any atom is 0.357 e. The van der Waals surface area contributed by atoms with Crippen LogP contribution < -0.4 is 5.32 Å². The molecule has 4 nitrogen and oxygen atoms in total. The first-order valence-electron chi connectivity index (χ1n) is 6.92. The number of anilines is 1. The molecule has 1 saturated carbocycles. The first kappa shape index (κ1) is 14.3. The fourth-order valence-electron chi connectivity index (χ4n) is 2.83. The zero-order valence-corrected chi connectivity index (χ0v) is 12.6. The van der Waals surface area contributed by atoms with E-state index in [1.54, 1.807) is 5.38 Å². The third-order valence-corrected chi connectivity index (χ3v) is 4.66. The number of hydrogen-bond acceptors (Lipinski definition) is 5. The molecule has 1 aromatic heterocycles. The van der Waals surface area contributed by atoms with Gasteiger partial charge in [0, 0.05) is 11.4 Å². The Bertz CT molecular complexity index is 431. The van der Waals surface area contributed by atoms with Crippen molar-refractivity contribution in [1.82, 2.24) is 4.98 Å². The van der Waals surface area contributed by atoms with E-state index in [1.165, 1.54) is 44.1 Å². The molecule has 0 radical (unpaired) electrons. The van der Waals surface area contributed by atoms with E-state index in [9.17, 15) is 4.79 Å². The van der Waals surface area contributed by atoms with Crippen LogP contribution >= 0.6 is 11.3 Å². The number of nitrogens with zero attached hydrogens (tertiary/aromatic N) is 1. The molecule has 0 saturated heterocycles. The van der Waals surface area contributed by atoms with Crippen molar-refractivity contribution in [2.45, 2.75) is 45.6 Å². The van der Waals surface area contributed by atoms with Crippen molar-refractivity contribution < 1.29 is 9.53 Å². The summed E-state index contributed by atoms with van der Waals surface area (Å²) in [7, 11) is 1.38. The van der Waals surface area contributed by atoms with E-state index in [0.717, 1.165) is 5.13 Å². The van der Waals surface area contributed by atoms with Crippen LogP contribution in [-0.2, 0) is 4.74 Å². The van der Waals surface area contributed by atoms with E-state index in [0.29, 0.717) is 23.6 Å². The first-order valence-corrected chi connectivity index (χ1v) is 7.80. The highest BCUT2D eigenvalue weighted by Gasteiger charge is 2.28. The zero-order valence-electron chi connectivity index (χ0n) is 11.8. The van der Waals surface area contributed by atoms with Crippen molar-refractivity contribution in [3.05, 3.63) is 11.1 Å². The van der Waals surface area contributed by atoms with Crippen LogP contribution in [0.3, 0.4) is 0 Å². The van der Waals surface area contributed by atoms with E-state index < -0.39 is 0 Å². The maximum atomic E-state index is 11.4. The summed E-state index contributed by atoms with van der Waals surface area (Å²) in [4.78, 5) is 15.7. The fraction of sp³-hybridized carbons (Fsp3) is 0.714. The molecule has 1 heterocycles. The summed E-state index contributed by atoms with van der Waals surface area (Å²) in [5.41, 5.74) is 0.395. The van der Waals surface area contributed by atoms with Gasteiger partial charge in [-0.2, -0.15) is 0 Å². The third kappa shape index (κ3) is 3.47. The minimum Gasteiger partial charge on any atom is -0.464 e. The highest BCUT2D eigenvalue weighted by molar-refractivity contribution is 7.13. The van der Waals surface area contributed by atoms with Crippen molar-refractivity contribution in [1.29, 1.82) is 0 Å². The summed E-state index contributed by atoms with van der Waals surface area (Å²) in [6, 6.07) is 0.477. The van der Waals surface area contributed by atoms with Gasteiger partial charge in [0.05, 0.1) is 7.11 Å². The lowest BCUT2D eigenvalue weighted by atomic mass is 9.78. The minimum atomic E-state index is -0.367. The second-order valence-electron chi connectivity index (χ2n) is 5.47. The summed E-state index contributed by atoms with van der Waals surface area (Å²) >= 11 is 1.48. The summed E-state index contributed by atoms with van der Waals surface area (Å²) in [5.74, 6) is 1.01. The predicted molar refractivity (Wildman–Crippen MR) is 77.7 cm³/mol. The van der Waals surface area contributed by atoms with E-state index in [4.69, 9.17) is 0 Å². The van der Waals surface area contributed by atoms with Crippen LogP contribution in [0.5, 0.6) is 0 Å². The SMILES string of the molecule is COC(=O)c1csc(NC2CCCCC2C(C)C)n1. The van der Waals surface area contributed by atoms with Crippen molar-refractivity contribution in [2.75, 3.05) is 12.4 Å². The van der Waals surface area contributed by atoms with Gasteiger partial charge in [-0.1, -0.05) is 26.7 Å². The van der Waals surface area contributed by atoms with Gasteiger partial charge in [-0.15, -0.1) is 11.3 Å². The lowest BCUT2D eigenvalue weighted by Gasteiger charge is -2.34. The van der Waals surface area contributed by atoms with E-state index >= 15 is 0 Å². The molecule has 1 N–H and O–H groups in total. The Labute approximate surface area is 118 Å². The standard InChI is InChI=1S/C14H22N2O2S/c1-9(2)10-6-4-5-7-11(10)15-14-16-12(8-19-14)13(17)18-3/h8-11H,4-7H2,1-3H3,(H,15,16). The van der Waals surface area contributed by atoms with Gasteiger partial charge < -0.3 is 10.1 Å². The van der Waals surface area contributed by atoms with Gasteiger partial charge in [0.25, 0.3) is 0 Å². The largest absolute Gasteiger partial charge is 0.464 e. The average Bonchev–Trinajstić information content (AvgIpc) is 2.86. The van der Waals surface area contributed by atoms with Gasteiger partial charge in [0.15, 0.2) is 10.8 Å². The molecule has 1 fully saturated rings. The van der Waals surface area contributed by atoms with Gasteiger partial charge in [0.1, 0.15) is 0 Å². The molecule has 1 aliphatic carbocycles. The number of thiazole rings is 1. The molecule has 0 spiro atoms. The second kappa shape index (κ2) is 6.37. The van der Waals surface area contributed by atoms with Gasteiger partial charge >= 0.3 is 5.97 Å². The van der Waals surface area contributed by atoms with Crippen LogP contribution in [0.2, 0.25) is 0 Å². The van der Waals surface area contributed by atoms with E-state index in [-0.39, 0.29) is 5.97 Å². The molecule has 5 heteroatoms. The molecule has 0 aliphatic heterocycles. The molecule has 2 atom stereocenters. The molecule has 106 valence electrons. The van der Waals surface area contributed by atoms with Crippen LogP contribution in [0.15, 0.2) is 5.38 Å². The van der Waals surface area contributed by atoms with E-state index in [1.807, 2.05) is 0 Å². The Hall–Kier alpha value is -1.10. The number of methoxy groups -OCH3 is 1. The van der Waals surface area contributed by atoms with Crippen LogP contribution in [0.4, 0.5) is 5.13 Å². The monoisotopic (exact) mass is 282 g/mol. The van der Waals surface area contributed by atoms with Gasteiger partial charge in [0.2, 0.25) is 0 Å². The Kier molecular flexibility index (Phi) is 4.80. The molecule has 0 bridgehead atoms. The molecule has 1 aromatic rings. The quantitative estimate of drug-likeness (QED) is 0.858. The van der Waals surface area contributed by atoms with Crippen molar-refractivity contribution in [3.63, 3.8) is 0 Å². The van der Waals surface area contributed by atoms with Crippen LogP contribution in [0, 0.1) is 11.8 Å². The molecule has 19 heavy (non-hydrogen) atoms. The summed E-state index contributed by atoms with van der Waals surface area (Å²) in [6.07, 6.45) is 5.07. The highest BCUT2D eigenvalue weighted by Crippen LogP contribution is 2.32. The number of carbonyl (C=O) groups is 1. The first-order chi connectivity index (χ1) is 9.11. The molecule has 1 aliphatic rings. The number of ether oxygens (including phenoxy) is 1. The van der Waals surface area contributed by atoms with Gasteiger partial charge in [-0.05, 0) is 24.7 Å². The average molecular weight is 282 g/mol. The number of rotatable bonds is 4. The number of carbonyl (C=O) groups excluding carboxylic acids is 1. The number of nitrogens with one attached hydrogen (secondary N) is 1. The Morgan fingerprint density at radius 2 is 2.21 bits per heavy atom. The number of aromatic nitrogens is 1. The van der Waals surface area contributed by atoms with Crippen LogP contribution in [0.1, 0.15) is 50.0 Å². The molecule has 0 aromatic carbocycles. The smallest absolute Gasteiger partial charge is 0.357 e. The normalized spacial score (nSPS) is 23.4.